The number of hydrogen-bond donors (Lipinski definition) is 5. The molecule has 0 atom stereocenters. The molecule has 0 saturated carbocycles. The number of nitrogens with two attached hydrogens (primary N) is 2. The molecule has 0 bridgehead atoms. The van der Waals surface area contributed by atoms with Crippen molar-refractivity contribution < 1.29 is 0 Å². The van der Waals surface area contributed by atoms with Gasteiger partial charge in [-0.15, -0.1) is 0 Å². The van der Waals surface area contributed by atoms with E-state index in [0.717, 1.165) is 45.4 Å². The maximum absolute atomic E-state index is 6.12. The zero-order valence-corrected chi connectivity index (χ0v) is 18.1. The lowest BCUT2D eigenvalue weighted by Gasteiger charge is -2.08. The van der Waals surface area contributed by atoms with Crippen LogP contribution in [0.4, 0.5) is 17.1 Å². The molecule has 4 rings (SSSR count). The Labute approximate surface area is 185 Å². The summed E-state index contributed by atoms with van der Waals surface area (Å²) >= 11 is 12.1. The normalized spacial score (nSPS) is 10.9. The molecule has 0 aliphatic heterocycles. The highest BCUT2D eigenvalue weighted by molar-refractivity contribution is 6.42. The number of benzene rings is 3. The number of nitrogens with zero attached hydrogens (tertiary/aromatic N) is 1. The highest BCUT2D eigenvalue weighted by atomic mass is 35.5. The largest absolute Gasteiger partial charge is 0.390 e. The van der Waals surface area contributed by atoms with Crippen molar-refractivity contribution in [2.24, 2.45) is 16.5 Å². The predicted octanol–water partition coefficient (Wildman–Crippen LogP) is 5.35. The van der Waals surface area contributed by atoms with Crippen molar-refractivity contribution >= 4 is 68.4 Å². The van der Waals surface area contributed by atoms with Gasteiger partial charge in [0.15, 0.2) is 0 Å². The van der Waals surface area contributed by atoms with Gasteiger partial charge in [-0.3, -0.25) is 4.99 Å². The minimum Gasteiger partial charge on any atom is -0.390 e. The maximum Gasteiger partial charge on any atom is 0.0798 e. The van der Waals surface area contributed by atoms with Crippen LogP contribution in [0.25, 0.3) is 21.8 Å². The number of anilines is 3. The molecular formula is C22H24Cl2N6. The van der Waals surface area contributed by atoms with Gasteiger partial charge in [-0.25, -0.2) is 0 Å². The Morgan fingerprint density at radius 3 is 2.13 bits per heavy atom. The molecule has 3 aromatic carbocycles. The second-order valence-corrected chi connectivity index (χ2v) is 7.20. The van der Waals surface area contributed by atoms with Crippen LogP contribution in [-0.4, -0.2) is 31.5 Å². The molecular weight excluding hydrogens is 419 g/mol. The fourth-order valence-corrected chi connectivity index (χ4v) is 3.46. The second-order valence-electron chi connectivity index (χ2n) is 6.38. The molecule has 0 aliphatic rings. The van der Waals surface area contributed by atoms with E-state index in [1.807, 2.05) is 18.2 Å². The zero-order chi connectivity index (χ0) is 21.5. The molecule has 30 heavy (non-hydrogen) atoms. The fourth-order valence-electron chi connectivity index (χ4n) is 3.16. The molecule has 1 heterocycles. The van der Waals surface area contributed by atoms with Crippen LogP contribution in [0.15, 0.2) is 59.6 Å². The lowest BCUT2D eigenvalue weighted by Crippen LogP contribution is -2.05. The number of halogens is 2. The van der Waals surface area contributed by atoms with Crippen LogP contribution in [0.1, 0.15) is 0 Å². The molecule has 0 saturated heterocycles. The second kappa shape index (κ2) is 10.2. The third-order valence-corrected chi connectivity index (χ3v) is 5.22. The van der Waals surface area contributed by atoms with Crippen molar-refractivity contribution in [1.82, 2.24) is 4.98 Å². The molecule has 156 valence electrons. The SMILES string of the molecule is CN.NC=NCCNc1ccc2[nH]c3ccc(Nc4ccc(Cl)c(Cl)c4)cc3c2c1. The number of fused-ring (bicyclic) bond motifs is 3. The Bertz CT molecular complexity index is 1170. The average molecular weight is 443 g/mol. The first-order chi connectivity index (χ1) is 14.6. The number of aromatic nitrogens is 1. The van der Waals surface area contributed by atoms with Crippen molar-refractivity contribution in [2.45, 2.75) is 0 Å². The van der Waals surface area contributed by atoms with Crippen molar-refractivity contribution in [2.75, 3.05) is 30.8 Å². The van der Waals surface area contributed by atoms with Gasteiger partial charge in [0, 0.05) is 45.4 Å². The van der Waals surface area contributed by atoms with E-state index in [2.05, 4.69) is 56.7 Å². The van der Waals surface area contributed by atoms with Crippen molar-refractivity contribution in [3.63, 3.8) is 0 Å². The van der Waals surface area contributed by atoms with E-state index >= 15 is 0 Å². The Balaban J connectivity index is 0.00000124. The summed E-state index contributed by atoms with van der Waals surface area (Å²) in [7, 11) is 1.50. The topological polar surface area (TPSA) is 104 Å². The first-order valence-electron chi connectivity index (χ1n) is 9.43. The minimum absolute atomic E-state index is 0.523. The van der Waals surface area contributed by atoms with Gasteiger partial charge in [0.25, 0.3) is 0 Å². The van der Waals surface area contributed by atoms with Crippen LogP contribution in [-0.2, 0) is 0 Å². The van der Waals surface area contributed by atoms with Gasteiger partial charge in [0.2, 0.25) is 0 Å². The van der Waals surface area contributed by atoms with Gasteiger partial charge < -0.3 is 27.1 Å². The van der Waals surface area contributed by atoms with Crippen molar-refractivity contribution in [1.29, 1.82) is 0 Å². The van der Waals surface area contributed by atoms with E-state index in [4.69, 9.17) is 28.9 Å². The zero-order valence-electron chi connectivity index (χ0n) is 16.5. The van der Waals surface area contributed by atoms with Crippen LogP contribution in [0.3, 0.4) is 0 Å². The number of H-pyrrole nitrogens is 1. The molecule has 7 N–H and O–H groups in total. The number of hydrogen-bond acceptors (Lipinski definition) is 4. The van der Waals surface area contributed by atoms with Crippen LogP contribution in [0.2, 0.25) is 10.0 Å². The molecule has 6 nitrogen and oxygen atoms in total. The fraction of sp³-hybridized carbons (Fsp3) is 0.136. The Kier molecular flexibility index (Phi) is 7.41. The van der Waals surface area contributed by atoms with Gasteiger partial charge in [-0.1, -0.05) is 23.2 Å². The van der Waals surface area contributed by atoms with Gasteiger partial charge in [-0.2, -0.15) is 0 Å². The average Bonchev–Trinajstić information content (AvgIpc) is 3.13. The highest BCUT2D eigenvalue weighted by Gasteiger charge is 2.07. The van der Waals surface area contributed by atoms with Crippen LogP contribution < -0.4 is 22.1 Å². The predicted molar refractivity (Wildman–Crippen MR) is 132 cm³/mol. The number of aliphatic imine (C=N–C) groups is 1. The van der Waals surface area contributed by atoms with Crippen LogP contribution in [0, 0.1) is 0 Å². The molecule has 8 heteroatoms. The number of aromatic amines is 1. The summed E-state index contributed by atoms with van der Waals surface area (Å²) in [6.45, 7) is 1.37. The van der Waals surface area contributed by atoms with Gasteiger partial charge >= 0.3 is 0 Å². The standard InChI is InChI=1S/C21H19Cl2N5.CH5N/c22-18-4-1-15(11-19(18)23)27-14-3-6-21-17(10-14)16-9-13(2-5-20(16)28-21)26-8-7-25-12-24;1-2/h1-6,9-12,26-28H,7-8H2,(H2,24,25);2H2,1H3. The Morgan fingerprint density at radius 2 is 1.47 bits per heavy atom. The van der Waals surface area contributed by atoms with Crippen molar-refractivity contribution in [3.05, 3.63) is 64.6 Å². The molecule has 0 amide bonds. The first kappa shape index (κ1) is 21.8. The molecule has 1 aromatic heterocycles. The quantitative estimate of drug-likeness (QED) is 0.158. The van der Waals surface area contributed by atoms with Crippen LogP contribution >= 0.6 is 23.2 Å². The molecule has 0 aliphatic carbocycles. The first-order valence-corrected chi connectivity index (χ1v) is 10.2. The summed E-state index contributed by atoms with van der Waals surface area (Å²) in [5.41, 5.74) is 14.9. The summed E-state index contributed by atoms with van der Waals surface area (Å²) in [4.78, 5) is 7.47. The molecule has 0 spiro atoms. The van der Waals surface area contributed by atoms with E-state index in [-0.39, 0.29) is 0 Å². The molecule has 0 unspecified atom stereocenters. The van der Waals surface area contributed by atoms with E-state index < -0.39 is 0 Å². The Hall–Kier alpha value is -2.93. The van der Waals surface area contributed by atoms with Gasteiger partial charge in [-0.05, 0) is 61.6 Å². The number of rotatable bonds is 6. The van der Waals surface area contributed by atoms with Crippen molar-refractivity contribution in [3.8, 4) is 0 Å². The maximum atomic E-state index is 6.12. The minimum atomic E-state index is 0.523. The summed E-state index contributed by atoms with van der Waals surface area (Å²) in [6.07, 6.45) is 1.33. The van der Waals surface area contributed by atoms with E-state index in [1.54, 1.807) is 6.07 Å². The van der Waals surface area contributed by atoms with E-state index in [0.29, 0.717) is 16.6 Å². The lowest BCUT2D eigenvalue weighted by molar-refractivity contribution is 1.03. The summed E-state index contributed by atoms with van der Waals surface area (Å²) in [5.74, 6) is 0. The van der Waals surface area contributed by atoms with E-state index in [9.17, 15) is 0 Å². The number of nitrogens with one attached hydrogen (secondary N) is 3. The molecule has 0 fully saturated rings. The third kappa shape index (κ3) is 4.97. The molecule has 4 aromatic rings. The van der Waals surface area contributed by atoms with Gasteiger partial charge in [0.05, 0.1) is 22.9 Å². The highest BCUT2D eigenvalue weighted by Crippen LogP contribution is 2.32. The molecule has 0 radical (unpaired) electrons. The van der Waals surface area contributed by atoms with E-state index in [1.165, 1.54) is 13.4 Å². The third-order valence-electron chi connectivity index (χ3n) is 4.48. The van der Waals surface area contributed by atoms with Gasteiger partial charge in [0.1, 0.15) is 0 Å². The summed E-state index contributed by atoms with van der Waals surface area (Å²) in [5, 5.41) is 10.1. The monoisotopic (exact) mass is 442 g/mol. The van der Waals surface area contributed by atoms with Crippen LogP contribution in [0.5, 0.6) is 0 Å². The summed E-state index contributed by atoms with van der Waals surface area (Å²) in [6, 6.07) is 18.0. The smallest absolute Gasteiger partial charge is 0.0798 e. The lowest BCUT2D eigenvalue weighted by atomic mass is 10.1. The Morgan fingerprint density at radius 1 is 0.867 bits per heavy atom. The summed E-state index contributed by atoms with van der Waals surface area (Å²) < 4.78 is 0.